The second-order valence-electron chi connectivity index (χ2n) is 5.85. The topological polar surface area (TPSA) is 100 Å². The van der Waals surface area contributed by atoms with E-state index in [2.05, 4.69) is 5.32 Å². The van der Waals surface area contributed by atoms with E-state index in [1.165, 1.54) is 0 Å². The van der Waals surface area contributed by atoms with Gasteiger partial charge in [-0.15, -0.1) is 0 Å². The summed E-state index contributed by atoms with van der Waals surface area (Å²) < 4.78 is 10.5. The highest BCUT2D eigenvalue weighted by Crippen LogP contribution is 2.23. The molecular weight excluding hydrogens is 362 g/mol. The standard InChI is InChI=1S/C20H25N3O5/c1-3-28-12-11-21-20(25)23(17-5-4-6-18(13-17)27-2)14-15-7-9-16(10-8-15)19(24)22-26/h4-10,13,26H,3,11-12,14H2,1-2H3,(H,21,25)(H,22,24). The van der Waals surface area contributed by atoms with Crippen molar-refractivity contribution in [3.63, 3.8) is 0 Å². The second kappa shape index (κ2) is 10.9. The molecular formula is C20H25N3O5. The van der Waals surface area contributed by atoms with Crippen LogP contribution in [0.15, 0.2) is 48.5 Å². The molecule has 0 spiro atoms. The minimum absolute atomic E-state index is 0.273. The summed E-state index contributed by atoms with van der Waals surface area (Å²) in [6.07, 6.45) is 0. The van der Waals surface area contributed by atoms with Crippen molar-refractivity contribution in [2.75, 3.05) is 31.8 Å². The first kappa shape index (κ1) is 21.2. The largest absolute Gasteiger partial charge is 0.497 e. The molecule has 3 N–H and O–H groups in total. The molecule has 0 fully saturated rings. The van der Waals surface area contributed by atoms with Gasteiger partial charge in [-0.25, -0.2) is 10.3 Å². The predicted octanol–water partition coefficient (Wildman–Crippen LogP) is 2.57. The van der Waals surface area contributed by atoms with E-state index in [9.17, 15) is 9.59 Å². The fourth-order valence-corrected chi connectivity index (χ4v) is 2.54. The van der Waals surface area contributed by atoms with Gasteiger partial charge >= 0.3 is 6.03 Å². The van der Waals surface area contributed by atoms with Crippen LogP contribution in [0.4, 0.5) is 10.5 Å². The fourth-order valence-electron chi connectivity index (χ4n) is 2.54. The molecule has 0 aliphatic heterocycles. The van der Waals surface area contributed by atoms with Gasteiger partial charge in [0.1, 0.15) is 5.75 Å². The minimum Gasteiger partial charge on any atom is -0.497 e. The van der Waals surface area contributed by atoms with Crippen LogP contribution in [0.25, 0.3) is 0 Å². The Morgan fingerprint density at radius 3 is 2.54 bits per heavy atom. The van der Waals surface area contributed by atoms with Crippen molar-refractivity contribution in [1.29, 1.82) is 0 Å². The van der Waals surface area contributed by atoms with Crippen LogP contribution in [0, 0.1) is 0 Å². The Morgan fingerprint density at radius 1 is 1.14 bits per heavy atom. The van der Waals surface area contributed by atoms with Gasteiger partial charge < -0.3 is 14.8 Å². The van der Waals surface area contributed by atoms with Crippen LogP contribution in [0.1, 0.15) is 22.8 Å². The molecule has 0 aliphatic carbocycles. The third-order valence-corrected chi connectivity index (χ3v) is 4.00. The normalized spacial score (nSPS) is 10.2. The van der Waals surface area contributed by atoms with E-state index in [0.717, 1.165) is 5.56 Å². The summed E-state index contributed by atoms with van der Waals surface area (Å²) in [4.78, 5) is 25.8. The van der Waals surface area contributed by atoms with E-state index >= 15 is 0 Å². The van der Waals surface area contributed by atoms with Gasteiger partial charge in [0, 0.05) is 30.5 Å². The Morgan fingerprint density at radius 2 is 1.89 bits per heavy atom. The van der Waals surface area contributed by atoms with E-state index in [1.807, 2.05) is 19.1 Å². The van der Waals surface area contributed by atoms with Crippen LogP contribution in [-0.2, 0) is 11.3 Å². The van der Waals surface area contributed by atoms with Crippen molar-refractivity contribution in [2.45, 2.75) is 13.5 Å². The van der Waals surface area contributed by atoms with E-state index in [1.54, 1.807) is 53.9 Å². The quantitative estimate of drug-likeness (QED) is 0.349. The molecule has 2 aromatic rings. The Balaban J connectivity index is 2.19. The zero-order chi connectivity index (χ0) is 20.4. The first-order valence-electron chi connectivity index (χ1n) is 8.89. The number of hydrogen-bond donors (Lipinski definition) is 3. The van der Waals surface area contributed by atoms with Gasteiger partial charge in [0.15, 0.2) is 0 Å². The zero-order valence-corrected chi connectivity index (χ0v) is 16.0. The van der Waals surface area contributed by atoms with E-state index < -0.39 is 5.91 Å². The monoisotopic (exact) mass is 387 g/mol. The highest BCUT2D eigenvalue weighted by atomic mass is 16.5. The molecule has 8 heteroatoms. The van der Waals surface area contributed by atoms with Gasteiger partial charge in [0.05, 0.1) is 20.3 Å². The number of hydrogen-bond acceptors (Lipinski definition) is 5. The number of carbonyl (C=O) groups excluding carboxylic acids is 2. The Labute approximate surface area is 164 Å². The van der Waals surface area contributed by atoms with Crippen LogP contribution in [0.2, 0.25) is 0 Å². The molecule has 150 valence electrons. The molecule has 2 rings (SSSR count). The predicted molar refractivity (Wildman–Crippen MR) is 105 cm³/mol. The third kappa shape index (κ3) is 5.97. The highest BCUT2D eigenvalue weighted by Gasteiger charge is 2.17. The average Bonchev–Trinajstić information content (AvgIpc) is 2.74. The Hall–Kier alpha value is -3.10. The number of amides is 3. The molecule has 0 aromatic heterocycles. The van der Waals surface area contributed by atoms with E-state index in [0.29, 0.717) is 36.8 Å². The number of nitrogens with zero attached hydrogens (tertiary/aromatic N) is 1. The average molecular weight is 387 g/mol. The summed E-state index contributed by atoms with van der Waals surface area (Å²) >= 11 is 0. The number of methoxy groups -OCH3 is 1. The summed E-state index contributed by atoms with van der Waals surface area (Å²) in [5.74, 6) is 0.0458. The molecule has 0 unspecified atom stereocenters. The SMILES string of the molecule is CCOCCNC(=O)N(Cc1ccc(C(=O)NO)cc1)c1cccc(OC)c1. The second-order valence-corrected chi connectivity index (χ2v) is 5.85. The first-order valence-corrected chi connectivity index (χ1v) is 8.89. The van der Waals surface area contributed by atoms with Gasteiger partial charge in [0.2, 0.25) is 0 Å². The van der Waals surface area contributed by atoms with Crippen LogP contribution in [0.3, 0.4) is 0 Å². The van der Waals surface area contributed by atoms with Crippen molar-refractivity contribution >= 4 is 17.6 Å². The molecule has 0 aliphatic rings. The molecule has 0 saturated heterocycles. The van der Waals surface area contributed by atoms with E-state index in [-0.39, 0.29) is 12.6 Å². The number of rotatable bonds is 9. The van der Waals surface area contributed by atoms with Gasteiger partial charge in [-0.05, 0) is 36.8 Å². The zero-order valence-electron chi connectivity index (χ0n) is 16.0. The molecule has 0 bridgehead atoms. The molecule has 3 amide bonds. The van der Waals surface area contributed by atoms with Crippen molar-refractivity contribution in [3.05, 3.63) is 59.7 Å². The van der Waals surface area contributed by atoms with Crippen molar-refractivity contribution in [3.8, 4) is 5.75 Å². The summed E-state index contributed by atoms with van der Waals surface area (Å²) in [5, 5.41) is 11.5. The molecule has 0 radical (unpaired) electrons. The first-order chi connectivity index (χ1) is 13.6. The van der Waals surface area contributed by atoms with Crippen molar-refractivity contribution < 1.29 is 24.3 Å². The highest BCUT2D eigenvalue weighted by molar-refractivity contribution is 5.94. The van der Waals surface area contributed by atoms with Crippen LogP contribution in [0.5, 0.6) is 5.75 Å². The number of nitrogens with one attached hydrogen (secondary N) is 2. The van der Waals surface area contributed by atoms with Crippen LogP contribution in [-0.4, -0.2) is 44.0 Å². The molecule has 0 atom stereocenters. The number of ether oxygens (including phenoxy) is 2. The number of urea groups is 1. The molecule has 2 aromatic carbocycles. The molecule has 0 saturated carbocycles. The maximum atomic E-state index is 12.8. The van der Waals surface area contributed by atoms with Gasteiger partial charge in [0.25, 0.3) is 5.91 Å². The lowest BCUT2D eigenvalue weighted by Crippen LogP contribution is -2.41. The fraction of sp³-hybridized carbons (Fsp3) is 0.300. The Kier molecular flexibility index (Phi) is 8.26. The Bertz CT molecular complexity index is 780. The number of benzene rings is 2. The molecule has 0 heterocycles. The molecule has 8 nitrogen and oxygen atoms in total. The number of anilines is 1. The summed E-state index contributed by atoms with van der Waals surface area (Å²) in [5.41, 5.74) is 3.40. The maximum absolute atomic E-state index is 12.8. The summed E-state index contributed by atoms with van der Waals surface area (Å²) in [6, 6.07) is 13.5. The van der Waals surface area contributed by atoms with Crippen LogP contribution < -0.4 is 20.4 Å². The minimum atomic E-state index is -0.593. The third-order valence-electron chi connectivity index (χ3n) is 4.00. The van der Waals surface area contributed by atoms with Gasteiger partial charge in [-0.1, -0.05) is 18.2 Å². The van der Waals surface area contributed by atoms with Gasteiger partial charge in [-0.2, -0.15) is 0 Å². The maximum Gasteiger partial charge on any atom is 0.322 e. The smallest absolute Gasteiger partial charge is 0.322 e. The van der Waals surface area contributed by atoms with Crippen molar-refractivity contribution in [1.82, 2.24) is 10.8 Å². The van der Waals surface area contributed by atoms with Crippen molar-refractivity contribution in [2.24, 2.45) is 0 Å². The molecule has 28 heavy (non-hydrogen) atoms. The lowest BCUT2D eigenvalue weighted by Gasteiger charge is -2.24. The summed E-state index contributed by atoms with van der Waals surface area (Å²) in [7, 11) is 1.57. The van der Waals surface area contributed by atoms with Gasteiger partial charge in [-0.3, -0.25) is 14.9 Å². The number of hydroxylamine groups is 1. The lowest BCUT2D eigenvalue weighted by atomic mass is 10.1. The lowest BCUT2D eigenvalue weighted by molar-refractivity contribution is 0.0706. The van der Waals surface area contributed by atoms with E-state index in [4.69, 9.17) is 14.7 Å². The summed E-state index contributed by atoms with van der Waals surface area (Å²) in [6.45, 7) is 3.59. The van der Waals surface area contributed by atoms with Crippen LogP contribution >= 0.6 is 0 Å². The number of carbonyl (C=O) groups is 2.